The number of thioether (sulfide) groups is 1. The molecule has 1 fully saturated rings. The molecule has 1 aliphatic rings. The van der Waals surface area contributed by atoms with Crippen molar-refractivity contribution in [3.63, 3.8) is 0 Å². The smallest absolute Gasteiger partial charge is 0.252 e. The lowest BCUT2D eigenvalue weighted by atomic mass is 10.2. The van der Waals surface area contributed by atoms with Crippen molar-refractivity contribution in [2.45, 2.75) is 42.4 Å². The van der Waals surface area contributed by atoms with Crippen LogP contribution in [0.4, 0.5) is 0 Å². The molecule has 1 aromatic carbocycles. The van der Waals surface area contributed by atoms with E-state index in [1.54, 1.807) is 28.2 Å². The van der Waals surface area contributed by atoms with Gasteiger partial charge in [-0.2, -0.15) is 16.1 Å². The number of rotatable bonds is 9. The van der Waals surface area contributed by atoms with Gasteiger partial charge in [-0.25, -0.2) is 13.4 Å². The summed E-state index contributed by atoms with van der Waals surface area (Å²) in [5, 5.41) is 3.09. The Balaban J connectivity index is 1.44. The van der Waals surface area contributed by atoms with E-state index >= 15 is 0 Å². The van der Waals surface area contributed by atoms with Gasteiger partial charge in [0.2, 0.25) is 5.91 Å². The number of aromatic nitrogens is 2. The highest BCUT2D eigenvalue weighted by atomic mass is 32.2. The number of nitrogens with one attached hydrogen (secondary N) is 2. The maximum Gasteiger partial charge on any atom is 0.252 e. The summed E-state index contributed by atoms with van der Waals surface area (Å²) >= 11 is 2.91. The third-order valence-corrected chi connectivity index (χ3v) is 9.66. The highest BCUT2D eigenvalue weighted by Gasteiger charge is 2.27. The number of fused-ring (bicyclic) bond motifs is 1. The molecule has 2 aromatic heterocycles. The van der Waals surface area contributed by atoms with Gasteiger partial charge in [-0.05, 0) is 55.5 Å². The number of imidazole rings is 1. The summed E-state index contributed by atoms with van der Waals surface area (Å²) in [5.74, 6) is 1.49. The van der Waals surface area contributed by atoms with Crippen LogP contribution < -0.4 is 5.32 Å². The van der Waals surface area contributed by atoms with Crippen LogP contribution >= 0.6 is 23.1 Å². The lowest BCUT2D eigenvalue weighted by Crippen LogP contribution is -2.35. The normalized spacial score (nSPS) is 16.3. The molecule has 2 N–H and O–H groups in total. The summed E-state index contributed by atoms with van der Waals surface area (Å²) in [6.07, 6.45) is 5.82. The summed E-state index contributed by atoms with van der Waals surface area (Å²) in [4.78, 5) is 21.5. The molecule has 1 amide bonds. The highest BCUT2D eigenvalue weighted by Crippen LogP contribution is 2.28. The average molecular weight is 493 g/mol. The number of amides is 1. The van der Waals surface area contributed by atoms with Gasteiger partial charge in [-0.15, -0.1) is 11.3 Å². The van der Waals surface area contributed by atoms with Gasteiger partial charge in [-0.1, -0.05) is 18.6 Å². The van der Waals surface area contributed by atoms with Crippen molar-refractivity contribution in [3.8, 4) is 0 Å². The van der Waals surface area contributed by atoms with Crippen LogP contribution in [0, 0.1) is 0 Å². The quantitative estimate of drug-likeness (QED) is 0.472. The summed E-state index contributed by atoms with van der Waals surface area (Å²) in [7, 11) is -3.47. The van der Waals surface area contributed by atoms with Crippen molar-refractivity contribution in [1.82, 2.24) is 19.6 Å². The van der Waals surface area contributed by atoms with Gasteiger partial charge in [-0.3, -0.25) is 4.79 Å². The highest BCUT2D eigenvalue weighted by molar-refractivity contribution is 7.98. The second-order valence-electron chi connectivity index (χ2n) is 7.90. The number of H-pyrrole nitrogens is 1. The van der Waals surface area contributed by atoms with Crippen molar-refractivity contribution >= 4 is 50.1 Å². The van der Waals surface area contributed by atoms with Gasteiger partial charge in [0.1, 0.15) is 10.0 Å². The van der Waals surface area contributed by atoms with E-state index in [0.29, 0.717) is 17.3 Å². The number of carbonyl (C=O) groups is 1. The van der Waals surface area contributed by atoms with Crippen molar-refractivity contribution in [3.05, 3.63) is 47.1 Å². The summed E-state index contributed by atoms with van der Waals surface area (Å²) < 4.78 is 27.6. The number of para-hydroxylation sites is 2. The lowest BCUT2D eigenvalue weighted by Gasteiger charge is -2.25. The van der Waals surface area contributed by atoms with E-state index in [0.717, 1.165) is 53.2 Å². The number of piperidine rings is 1. The number of thiophene rings is 1. The van der Waals surface area contributed by atoms with E-state index in [-0.39, 0.29) is 18.4 Å². The molecule has 0 bridgehead atoms. The third kappa shape index (κ3) is 5.36. The minimum atomic E-state index is -3.47. The molecule has 3 aromatic rings. The molecule has 10 heteroatoms. The molecule has 7 nitrogen and oxygen atoms in total. The fraction of sp³-hybridized carbons (Fsp3) is 0.455. The number of nitrogens with zero attached hydrogens (tertiary/aromatic N) is 2. The van der Waals surface area contributed by atoms with Gasteiger partial charge < -0.3 is 10.3 Å². The molecule has 1 aliphatic heterocycles. The monoisotopic (exact) mass is 492 g/mol. The number of hydrogen-bond acceptors (Lipinski definition) is 6. The zero-order chi connectivity index (χ0) is 22.6. The van der Waals surface area contributed by atoms with E-state index in [1.165, 1.54) is 11.3 Å². The first kappa shape index (κ1) is 23.3. The van der Waals surface area contributed by atoms with Crippen molar-refractivity contribution < 1.29 is 13.2 Å². The van der Waals surface area contributed by atoms with Gasteiger partial charge in [0.15, 0.2) is 0 Å². The van der Waals surface area contributed by atoms with E-state index < -0.39 is 10.0 Å². The second kappa shape index (κ2) is 10.4. The fourth-order valence-corrected chi connectivity index (χ4v) is 7.38. The first-order valence-corrected chi connectivity index (χ1v) is 14.4. The Morgan fingerprint density at radius 1 is 1.22 bits per heavy atom. The second-order valence-corrected chi connectivity index (χ2v) is 12.2. The zero-order valence-corrected chi connectivity index (χ0v) is 20.5. The Kier molecular flexibility index (Phi) is 7.55. The van der Waals surface area contributed by atoms with E-state index in [2.05, 4.69) is 15.3 Å². The van der Waals surface area contributed by atoms with Crippen LogP contribution in [0.1, 0.15) is 42.4 Å². The number of hydrogen-bond donors (Lipinski definition) is 2. The van der Waals surface area contributed by atoms with E-state index in [9.17, 15) is 13.2 Å². The molecule has 0 radical (unpaired) electrons. The molecule has 3 heterocycles. The van der Waals surface area contributed by atoms with Crippen LogP contribution in [0.5, 0.6) is 0 Å². The van der Waals surface area contributed by atoms with E-state index in [1.807, 2.05) is 30.5 Å². The number of aromatic amines is 1. The zero-order valence-electron chi connectivity index (χ0n) is 18.0. The molecule has 0 aliphatic carbocycles. The average Bonchev–Trinajstić information content (AvgIpc) is 3.44. The standard InChI is InChI=1S/C22H28N4O3S3/c1-30-14-11-19(22-24-17-7-3-4-8-18(17)25-22)23-20(27)15-16-9-10-21(31-16)32(28,29)26-12-5-2-6-13-26/h3-4,7-10,19H,2,5-6,11-15H2,1H3,(H,23,27)(H,24,25)/t19-/m1/s1. The van der Waals surface area contributed by atoms with Crippen molar-refractivity contribution in [2.75, 3.05) is 25.1 Å². The van der Waals surface area contributed by atoms with Crippen LogP contribution in [-0.2, 0) is 21.2 Å². The SMILES string of the molecule is CSCC[C@@H](NC(=O)Cc1ccc(S(=O)(=O)N2CCCCC2)s1)c1nc2ccccc2[nH]1. The summed E-state index contributed by atoms with van der Waals surface area (Å²) in [6.45, 7) is 1.15. The van der Waals surface area contributed by atoms with E-state index in [4.69, 9.17) is 0 Å². The van der Waals surface area contributed by atoms with Crippen LogP contribution in [-0.4, -0.2) is 53.7 Å². The molecular formula is C22H28N4O3S3. The lowest BCUT2D eigenvalue weighted by molar-refractivity contribution is -0.121. The largest absolute Gasteiger partial charge is 0.346 e. The molecule has 0 unspecified atom stereocenters. The van der Waals surface area contributed by atoms with Crippen molar-refractivity contribution in [1.29, 1.82) is 0 Å². The molecular weight excluding hydrogens is 464 g/mol. The minimum Gasteiger partial charge on any atom is -0.346 e. The van der Waals surface area contributed by atoms with Gasteiger partial charge in [0.05, 0.1) is 23.5 Å². The maximum absolute atomic E-state index is 12.9. The van der Waals surface area contributed by atoms with Gasteiger partial charge in [0, 0.05) is 18.0 Å². The molecule has 0 spiro atoms. The number of carbonyl (C=O) groups excluding carboxylic acids is 1. The van der Waals surface area contributed by atoms with Gasteiger partial charge in [0.25, 0.3) is 10.0 Å². The van der Waals surface area contributed by atoms with Crippen LogP contribution in [0.25, 0.3) is 11.0 Å². The topological polar surface area (TPSA) is 95.2 Å². The first-order valence-electron chi connectivity index (χ1n) is 10.8. The summed E-state index contributed by atoms with van der Waals surface area (Å²) in [6, 6.07) is 11.0. The van der Waals surface area contributed by atoms with Crippen LogP contribution in [0.3, 0.4) is 0 Å². The molecule has 0 saturated carbocycles. The maximum atomic E-state index is 12.9. The Morgan fingerprint density at radius 3 is 2.75 bits per heavy atom. The number of benzene rings is 1. The molecule has 1 saturated heterocycles. The molecule has 1 atom stereocenters. The van der Waals surface area contributed by atoms with Crippen molar-refractivity contribution in [2.24, 2.45) is 0 Å². The third-order valence-electron chi connectivity index (χ3n) is 5.56. The Hall–Kier alpha value is -1.88. The molecule has 4 rings (SSSR count). The Bertz CT molecular complexity index is 1130. The molecule has 172 valence electrons. The summed E-state index contributed by atoms with van der Waals surface area (Å²) in [5.41, 5.74) is 1.81. The van der Waals surface area contributed by atoms with Crippen LogP contribution in [0.2, 0.25) is 0 Å². The predicted octanol–water partition coefficient (Wildman–Crippen LogP) is 3.95. The first-order chi connectivity index (χ1) is 15.5. The Morgan fingerprint density at radius 2 is 2.00 bits per heavy atom. The fourth-order valence-electron chi connectivity index (χ4n) is 3.88. The minimum absolute atomic E-state index is 0.139. The van der Waals surface area contributed by atoms with Crippen LogP contribution in [0.15, 0.2) is 40.6 Å². The number of sulfonamides is 1. The van der Waals surface area contributed by atoms with Gasteiger partial charge >= 0.3 is 0 Å². The Labute approximate surface area is 197 Å². The molecule has 32 heavy (non-hydrogen) atoms. The predicted molar refractivity (Wildman–Crippen MR) is 131 cm³/mol.